The van der Waals surface area contributed by atoms with Gasteiger partial charge in [-0.15, -0.1) is 0 Å². The van der Waals surface area contributed by atoms with Crippen LogP contribution in [0, 0.1) is 0 Å². The molecule has 0 spiro atoms. The zero-order valence-electron chi connectivity index (χ0n) is 8.83. The lowest BCUT2D eigenvalue weighted by Gasteiger charge is -2.20. The number of rotatable bonds is 1. The van der Waals surface area contributed by atoms with E-state index in [2.05, 4.69) is 36.2 Å². The van der Waals surface area contributed by atoms with Crippen LogP contribution in [0.4, 0.5) is 0 Å². The molecule has 1 saturated heterocycles. The molecule has 1 aliphatic rings. The number of halogens is 1. The summed E-state index contributed by atoms with van der Waals surface area (Å²) in [5, 5.41) is 3.36. The van der Waals surface area contributed by atoms with Crippen LogP contribution in [0.1, 0.15) is 24.6 Å². The first-order chi connectivity index (χ1) is 7.83. The summed E-state index contributed by atoms with van der Waals surface area (Å²) in [5.74, 6) is 1.64. The molecule has 2 aromatic rings. The van der Waals surface area contributed by atoms with Gasteiger partial charge >= 0.3 is 0 Å². The number of nitrogens with one attached hydrogen (secondary N) is 2. The predicted octanol–water partition coefficient (Wildman–Crippen LogP) is 2.19. The number of H-pyrrole nitrogens is 1. The van der Waals surface area contributed by atoms with Crippen LogP contribution in [-0.2, 0) is 0 Å². The van der Waals surface area contributed by atoms with Gasteiger partial charge in [0.25, 0.3) is 0 Å². The number of aromatic amines is 1. The quantitative estimate of drug-likeness (QED) is 0.842. The molecule has 16 heavy (non-hydrogen) atoms. The van der Waals surface area contributed by atoms with Gasteiger partial charge in [0, 0.05) is 16.6 Å². The molecule has 3 rings (SSSR count). The normalized spacial score (nSPS) is 18.1. The van der Waals surface area contributed by atoms with Crippen molar-refractivity contribution in [3.8, 4) is 0 Å². The summed E-state index contributed by atoms with van der Waals surface area (Å²) in [7, 11) is 0. The van der Waals surface area contributed by atoms with E-state index in [-0.39, 0.29) is 0 Å². The number of aromatic nitrogens is 3. The summed E-state index contributed by atoms with van der Waals surface area (Å²) in [6, 6.07) is 2.03. The van der Waals surface area contributed by atoms with E-state index < -0.39 is 0 Å². The van der Waals surface area contributed by atoms with Crippen molar-refractivity contribution in [1.82, 2.24) is 20.3 Å². The lowest BCUT2D eigenvalue weighted by atomic mass is 9.98. The van der Waals surface area contributed by atoms with Crippen LogP contribution in [0.2, 0.25) is 0 Å². The molecule has 1 aliphatic heterocycles. The van der Waals surface area contributed by atoms with Crippen molar-refractivity contribution in [1.29, 1.82) is 0 Å². The molecule has 0 amide bonds. The highest BCUT2D eigenvalue weighted by atomic mass is 79.9. The van der Waals surface area contributed by atoms with Crippen LogP contribution in [-0.4, -0.2) is 28.0 Å². The summed E-state index contributed by atoms with van der Waals surface area (Å²) < 4.78 is 0.987. The van der Waals surface area contributed by atoms with E-state index in [1.807, 2.05) is 6.07 Å². The van der Waals surface area contributed by atoms with Crippen LogP contribution in [0.3, 0.4) is 0 Å². The zero-order chi connectivity index (χ0) is 11.0. The fraction of sp³-hybridized carbons (Fsp3) is 0.455. The molecule has 0 atom stereocenters. The van der Waals surface area contributed by atoms with Gasteiger partial charge in [-0.3, -0.25) is 0 Å². The first kappa shape index (κ1) is 10.2. The fourth-order valence-electron chi connectivity index (χ4n) is 2.18. The molecule has 0 bridgehead atoms. The van der Waals surface area contributed by atoms with Crippen molar-refractivity contribution >= 4 is 27.1 Å². The highest BCUT2D eigenvalue weighted by molar-refractivity contribution is 9.10. The van der Waals surface area contributed by atoms with Crippen LogP contribution < -0.4 is 5.32 Å². The molecule has 84 valence electrons. The average molecular weight is 281 g/mol. The largest absolute Gasteiger partial charge is 0.340 e. The third kappa shape index (κ3) is 1.85. The molecule has 0 saturated carbocycles. The Balaban J connectivity index is 1.97. The topological polar surface area (TPSA) is 53.6 Å². The van der Waals surface area contributed by atoms with E-state index in [1.165, 1.54) is 0 Å². The maximum absolute atomic E-state index is 4.56. The standard InChI is InChI=1S/C11H13BrN4/c12-8-5-9-11(14-6-8)16-10(15-9)7-1-3-13-4-2-7/h5-7,13H,1-4H2,(H,14,15,16). The van der Waals surface area contributed by atoms with E-state index in [1.54, 1.807) is 6.20 Å². The van der Waals surface area contributed by atoms with E-state index in [9.17, 15) is 0 Å². The van der Waals surface area contributed by atoms with Gasteiger partial charge in [0.05, 0.1) is 5.52 Å². The van der Waals surface area contributed by atoms with Crippen molar-refractivity contribution in [2.75, 3.05) is 13.1 Å². The van der Waals surface area contributed by atoms with Gasteiger partial charge in [0.1, 0.15) is 5.82 Å². The van der Waals surface area contributed by atoms with Crippen molar-refractivity contribution in [3.05, 3.63) is 22.6 Å². The molecule has 0 radical (unpaired) electrons. The Morgan fingerprint density at radius 2 is 2.12 bits per heavy atom. The van der Waals surface area contributed by atoms with Crippen molar-refractivity contribution in [3.63, 3.8) is 0 Å². The first-order valence-corrected chi connectivity index (χ1v) is 6.34. The van der Waals surface area contributed by atoms with Crippen molar-refractivity contribution in [2.45, 2.75) is 18.8 Å². The second kappa shape index (κ2) is 4.14. The molecule has 0 aliphatic carbocycles. The molecule has 2 aromatic heterocycles. The maximum atomic E-state index is 4.56. The van der Waals surface area contributed by atoms with Crippen molar-refractivity contribution < 1.29 is 0 Å². The molecule has 0 aromatic carbocycles. The Hall–Kier alpha value is -0.940. The van der Waals surface area contributed by atoms with Gasteiger partial charge in [-0.25, -0.2) is 9.97 Å². The van der Waals surface area contributed by atoms with Crippen LogP contribution in [0.15, 0.2) is 16.7 Å². The summed E-state index contributed by atoms with van der Waals surface area (Å²) in [6.45, 7) is 2.16. The maximum Gasteiger partial charge on any atom is 0.177 e. The monoisotopic (exact) mass is 280 g/mol. The van der Waals surface area contributed by atoms with Gasteiger partial charge in [0.15, 0.2) is 5.65 Å². The van der Waals surface area contributed by atoms with Gasteiger partial charge in [-0.1, -0.05) is 0 Å². The SMILES string of the molecule is Brc1cnc2nc(C3CCNCC3)[nH]c2c1. The van der Waals surface area contributed by atoms with Gasteiger partial charge in [-0.2, -0.15) is 0 Å². The summed E-state index contributed by atoms with van der Waals surface area (Å²) >= 11 is 3.42. The minimum absolute atomic E-state index is 0.550. The molecule has 5 heteroatoms. The second-order valence-electron chi connectivity index (χ2n) is 4.17. The number of pyridine rings is 1. The lowest BCUT2D eigenvalue weighted by Crippen LogP contribution is -2.27. The Bertz CT molecular complexity index is 502. The number of nitrogens with zero attached hydrogens (tertiary/aromatic N) is 2. The van der Waals surface area contributed by atoms with Crippen LogP contribution in [0.5, 0.6) is 0 Å². The first-order valence-electron chi connectivity index (χ1n) is 5.55. The Morgan fingerprint density at radius 3 is 2.94 bits per heavy atom. The molecule has 4 nitrogen and oxygen atoms in total. The Labute approximate surface area is 102 Å². The number of hydrogen-bond donors (Lipinski definition) is 2. The minimum atomic E-state index is 0.550. The molecular formula is C11H13BrN4. The number of piperidine rings is 1. The number of fused-ring (bicyclic) bond motifs is 1. The van der Waals surface area contributed by atoms with Crippen LogP contribution in [0.25, 0.3) is 11.2 Å². The van der Waals surface area contributed by atoms with E-state index in [4.69, 9.17) is 0 Å². The van der Waals surface area contributed by atoms with Gasteiger partial charge in [0.2, 0.25) is 0 Å². The third-order valence-electron chi connectivity index (χ3n) is 3.05. The summed E-state index contributed by atoms with van der Waals surface area (Å²) in [6.07, 6.45) is 4.09. The second-order valence-corrected chi connectivity index (χ2v) is 5.09. The van der Waals surface area contributed by atoms with E-state index >= 15 is 0 Å². The predicted molar refractivity (Wildman–Crippen MR) is 66.4 cm³/mol. The summed E-state index contributed by atoms with van der Waals surface area (Å²) in [5.41, 5.74) is 1.83. The summed E-state index contributed by atoms with van der Waals surface area (Å²) in [4.78, 5) is 12.2. The molecule has 0 unspecified atom stereocenters. The van der Waals surface area contributed by atoms with E-state index in [0.29, 0.717) is 5.92 Å². The number of imidazole rings is 1. The van der Waals surface area contributed by atoms with Gasteiger partial charge < -0.3 is 10.3 Å². The highest BCUT2D eigenvalue weighted by Gasteiger charge is 2.18. The van der Waals surface area contributed by atoms with Crippen molar-refractivity contribution in [2.24, 2.45) is 0 Å². The molecular weight excluding hydrogens is 268 g/mol. The van der Waals surface area contributed by atoms with Gasteiger partial charge in [-0.05, 0) is 47.9 Å². The molecule has 3 heterocycles. The fourth-order valence-corrected chi connectivity index (χ4v) is 2.51. The lowest BCUT2D eigenvalue weighted by molar-refractivity contribution is 0.448. The Kier molecular flexibility index (Phi) is 2.65. The smallest absolute Gasteiger partial charge is 0.177 e. The molecule has 1 fully saturated rings. The number of hydrogen-bond acceptors (Lipinski definition) is 3. The highest BCUT2D eigenvalue weighted by Crippen LogP contribution is 2.25. The zero-order valence-corrected chi connectivity index (χ0v) is 10.4. The molecule has 2 N–H and O–H groups in total. The third-order valence-corrected chi connectivity index (χ3v) is 3.48. The average Bonchev–Trinajstić information content (AvgIpc) is 2.73. The van der Waals surface area contributed by atoms with E-state index in [0.717, 1.165) is 47.4 Å². The minimum Gasteiger partial charge on any atom is -0.340 e. The van der Waals surface area contributed by atoms with Crippen LogP contribution >= 0.6 is 15.9 Å². The Morgan fingerprint density at radius 1 is 1.31 bits per heavy atom.